The Morgan fingerprint density at radius 2 is 1.57 bits per heavy atom. The van der Waals surface area contributed by atoms with Crippen molar-refractivity contribution < 1.29 is 23.1 Å². The van der Waals surface area contributed by atoms with Gasteiger partial charge in [0, 0.05) is 11.5 Å². The summed E-state index contributed by atoms with van der Waals surface area (Å²) in [6.45, 7) is 30.0. The van der Waals surface area contributed by atoms with Crippen LogP contribution in [0.3, 0.4) is 0 Å². The second-order valence-corrected chi connectivity index (χ2v) is 23.6. The number of esters is 1. The van der Waals surface area contributed by atoms with Crippen molar-refractivity contribution in [2.24, 2.45) is 5.92 Å². The number of hydrogen-bond donors (Lipinski definition) is 0. The van der Waals surface area contributed by atoms with Crippen LogP contribution in [0.5, 0.6) is 0 Å². The van der Waals surface area contributed by atoms with Gasteiger partial charge in [-0.1, -0.05) is 81.4 Å². The Labute approximate surface area is 231 Å². The molecule has 7 heteroatoms. The number of rotatable bonds is 12. The maximum atomic E-state index is 12.2. The lowest BCUT2D eigenvalue weighted by molar-refractivity contribution is -0.136. The summed E-state index contributed by atoms with van der Waals surface area (Å²) < 4.78 is 25.1. The van der Waals surface area contributed by atoms with Crippen molar-refractivity contribution in [2.75, 3.05) is 13.7 Å². The topological polar surface area (TPSA) is 54.0 Å². The molecule has 0 aromatic heterocycles. The van der Waals surface area contributed by atoms with Crippen molar-refractivity contribution >= 4 is 22.6 Å². The number of ether oxygens (including phenoxy) is 2. The fourth-order valence-corrected chi connectivity index (χ4v) is 12.1. The van der Waals surface area contributed by atoms with E-state index in [4.69, 9.17) is 18.3 Å². The van der Waals surface area contributed by atoms with Gasteiger partial charge < -0.3 is 18.3 Å². The summed E-state index contributed by atoms with van der Waals surface area (Å²) in [6.07, 6.45) is 7.83. The molecule has 0 unspecified atom stereocenters. The van der Waals surface area contributed by atoms with Crippen molar-refractivity contribution in [3.63, 3.8) is 0 Å². The van der Waals surface area contributed by atoms with Gasteiger partial charge >= 0.3 is 5.97 Å². The van der Waals surface area contributed by atoms with Crippen LogP contribution in [-0.2, 0) is 23.1 Å². The first kappa shape index (κ1) is 34.3. The quantitative estimate of drug-likeness (QED) is 0.105. The minimum absolute atomic E-state index is 0.0233. The fraction of sp³-hybridized carbons (Fsp3) is 0.833. The molecule has 0 amide bonds. The van der Waals surface area contributed by atoms with E-state index < -0.39 is 16.6 Å². The maximum Gasteiger partial charge on any atom is 0.333 e. The standard InChI is InChI=1S/C30H58O5Si2/c1-21(2)37(22(3)4,23(5)6)35-28-20-26(17-15-16-18-33-36(13,14)30(9,10)11)34-27(25(28)8)19-24(7)29(31)32-12/h15-16,19,21-23,25-28H,17-18,20H2,1-14H3/b16-15+,24-19-/t25-,26-,27+,28-/m1/s1. The SMILES string of the molecule is COC(=O)/C(C)=C\[C@@H]1O[C@H](C/C=C/CO[Si](C)(C)C(C)(C)C)C[C@@H](O[Si](C(C)C)(C(C)C)C(C)C)[C@@H]1C. The first-order valence-electron chi connectivity index (χ1n) is 14.3. The maximum absolute atomic E-state index is 12.2. The Hall–Kier alpha value is -0.736. The molecule has 0 aliphatic carbocycles. The summed E-state index contributed by atoms with van der Waals surface area (Å²) >= 11 is 0. The fourth-order valence-electron chi connectivity index (χ4n) is 5.52. The molecule has 0 radical (unpaired) electrons. The Morgan fingerprint density at radius 3 is 2.03 bits per heavy atom. The van der Waals surface area contributed by atoms with Crippen LogP contribution in [0.2, 0.25) is 34.8 Å². The van der Waals surface area contributed by atoms with Crippen molar-refractivity contribution in [2.45, 2.75) is 142 Å². The molecule has 0 aromatic rings. The third-order valence-electron chi connectivity index (χ3n) is 8.85. The van der Waals surface area contributed by atoms with Crippen LogP contribution in [0, 0.1) is 5.92 Å². The lowest BCUT2D eigenvalue weighted by Crippen LogP contribution is -2.54. The highest BCUT2D eigenvalue weighted by Gasteiger charge is 2.49. The lowest BCUT2D eigenvalue weighted by Gasteiger charge is -2.49. The molecule has 37 heavy (non-hydrogen) atoms. The molecule has 0 saturated carbocycles. The number of carbonyl (C=O) groups excluding carboxylic acids is 1. The van der Waals surface area contributed by atoms with E-state index in [9.17, 15) is 4.79 Å². The zero-order chi connectivity index (χ0) is 28.8. The highest BCUT2D eigenvalue weighted by molar-refractivity contribution is 6.77. The van der Waals surface area contributed by atoms with Crippen molar-refractivity contribution in [1.29, 1.82) is 0 Å². The van der Waals surface area contributed by atoms with Gasteiger partial charge in [0.1, 0.15) is 0 Å². The van der Waals surface area contributed by atoms with Crippen LogP contribution in [0.25, 0.3) is 0 Å². The number of methoxy groups -OCH3 is 1. The van der Waals surface area contributed by atoms with Crippen LogP contribution < -0.4 is 0 Å². The molecule has 1 saturated heterocycles. The molecule has 5 nitrogen and oxygen atoms in total. The van der Waals surface area contributed by atoms with Gasteiger partial charge in [0.2, 0.25) is 8.32 Å². The minimum Gasteiger partial charge on any atom is -0.466 e. The molecule has 0 N–H and O–H groups in total. The second-order valence-electron chi connectivity index (χ2n) is 13.4. The summed E-state index contributed by atoms with van der Waals surface area (Å²) in [7, 11) is -2.42. The Bertz CT molecular complexity index is 758. The Kier molecular flexibility index (Phi) is 13.0. The van der Waals surface area contributed by atoms with E-state index in [2.05, 4.69) is 94.5 Å². The molecule has 1 aliphatic heterocycles. The first-order valence-corrected chi connectivity index (χ1v) is 19.3. The van der Waals surface area contributed by atoms with Gasteiger partial charge in [-0.2, -0.15) is 0 Å². The summed E-state index contributed by atoms with van der Waals surface area (Å²) in [5.74, 6) is -0.168. The molecule has 1 fully saturated rings. The molecule has 216 valence electrons. The van der Waals surface area contributed by atoms with Crippen LogP contribution in [0.4, 0.5) is 0 Å². The van der Waals surface area contributed by atoms with Gasteiger partial charge in [-0.25, -0.2) is 4.79 Å². The average Bonchev–Trinajstić information content (AvgIpc) is 2.77. The van der Waals surface area contributed by atoms with E-state index in [0.717, 1.165) is 12.8 Å². The monoisotopic (exact) mass is 554 g/mol. The molecular formula is C30H58O5Si2. The lowest BCUT2D eigenvalue weighted by atomic mass is 9.88. The predicted molar refractivity (Wildman–Crippen MR) is 161 cm³/mol. The van der Waals surface area contributed by atoms with Gasteiger partial charge in [0.15, 0.2) is 8.32 Å². The van der Waals surface area contributed by atoms with E-state index in [-0.39, 0.29) is 35.2 Å². The minimum atomic E-state index is -2.07. The van der Waals surface area contributed by atoms with Crippen molar-refractivity contribution in [1.82, 2.24) is 0 Å². The molecule has 0 aromatic carbocycles. The first-order chi connectivity index (χ1) is 16.9. The molecule has 1 aliphatic rings. The smallest absolute Gasteiger partial charge is 0.333 e. The molecule has 1 rings (SSSR count). The van der Waals surface area contributed by atoms with Crippen molar-refractivity contribution in [3.8, 4) is 0 Å². The summed E-state index contributed by atoms with van der Waals surface area (Å²) in [5, 5.41) is 0.199. The Morgan fingerprint density at radius 1 is 1.03 bits per heavy atom. The average molecular weight is 555 g/mol. The van der Waals surface area contributed by atoms with Gasteiger partial charge in [-0.3, -0.25) is 0 Å². The Balaban J connectivity index is 3.16. The molecule has 1 heterocycles. The summed E-state index contributed by atoms with van der Waals surface area (Å²) in [6, 6.07) is 0. The van der Waals surface area contributed by atoms with Crippen LogP contribution >= 0.6 is 0 Å². The van der Waals surface area contributed by atoms with Crippen LogP contribution in [0.1, 0.15) is 89.0 Å². The summed E-state index contributed by atoms with van der Waals surface area (Å²) in [5.41, 5.74) is 2.12. The van der Waals surface area contributed by atoms with E-state index in [1.165, 1.54) is 7.11 Å². The normalized spacial score (nSPS) is 24.5. The molecule has 4 atom stereocenters. The van der Waals surface area contributed by atoms with Crippen molar-refractivity contribution in [3.05, 3.63) is 23.8 Å². The third-order valence-corrected chi connectivity index (χ3v) is 19.5. The summed E-state index contributed by atoms with van der Waals surface area (Å²) in [4.78, 5) is 12.2. The van der Waals surface area contributed by atoms with Gasteiger partial charge in [0.05, 0.1) is 32.0 Å². The molecular weight excluding hydrogens is 496 g/mol. The highest BCUT2D eigenvalue weighted by Crippen LogP contribution is 2.45. The number of carbonyl (C=O) groups is 1. The zero-order valence-electron chi connectivity index (χ0n) is 26.4. The third kappa shape index (κ3) is 8.89. The van der Waals surface area contributed by atoms with E-state index in [1.807, 2.05) is 6.08 Å². The largest absolute Gasteiger partial charge is 0.466 e. The van der Waals surface area contributed by atoms with Gasteiger partial charge in [0.25, 0.3) is 0 Å². The van der Waals surface area contributed by atoms with Crippen LogP contribution in [0.15, 0.2) is 23.8 Å². The van der Waals surface area contributed by atoms with E-state index in [0.29, 0.717) is 28.8 Å². The predicted octanol–water partition coefficient (Wildman–Crippen LogP) is 8.43. The van der Waals surface area contributed by atoms with E-state index in [1.54, 1.807) is 6.92 Å². The molecule has 0 bridgehead atoms. The van der Waals surface area contributed by atoms with Gasteiger partial charge in [-0.15, -0.1) is 0 Å². The zero-order valence-corrected chi connectivity index (χ0v) is 28.4. The van der Waals surface area contributed by atoms with Crippen LogP contribution in [-0.4, -0.2) is 54.6 Å². The second kappa shape index (κ2) is 14.1. The highest BCUT2D eigenvalue weighted by atomic mass is 28.4. The van der Waals surface area contributed by atoms with Gasteiger partial charge in [-0.05, 0) is 60.6 Å². The number of hydrogen-bond acceptors (Lipinski definition) is 5. The molecule has 0 spiro atoms. The van der Waals surface area contributed by atoms with E-state index >= 15 is 0 Å².